The molecular formula is C11H12F2O3. The van der Waals surface area contributed by atoms with Crippen molar-refractivity contribution in [2.75, 3.05) is 7.11 Å². The molecule has 0 saturated heterocycles. The number of alkyl halides is 2. The molecule has 88 valence electrons. The van der Waals surface area contributed by atoms with E-state index in [0.29, 0.717) is 0 Å². The van der Waals surface area contributed by atoms with Crippen LogP contribution in [-0.2, 0) is 17.1 Å². The Morgan fingerprint density at radius 3 is 2.56 bits per heavy atom. The number of halogens is 2. The first-order valence-electron chi connectivity index (χ1n) is 4.62. The number of rotatable bonds is 4. The molecule has 0 aromatic heterocycles. The third-order valence-electron chi connectivity index (χ3n) is 2.15. The van der Waals surface area contributed by atoms with E-state index >= 15 is 0 Å². The van der Waals surface area contributed by atoms with E-state index in [1.54, 1.807) is 0 Å². The van der Waals surface area contributed by atoms with E-state index in [-0.39, 0.29) is 16.9 Å². The summed E-state index contributed by atoms with van der Waals surface area (Å²) in [6.07, 6.45) is -0.483. The van der Waals surface area contributed by atoms with Gasteiger partial charge >= 0.3 is 5.97 Å². The van der Waals surface area contributed by atoms with Crippen molar-refractivity contribution in [3.63, 3.8) is 0 Å². The summed E-state index contributed by atoms with van der Waals surface area (Å²) < 4.78 is 31.4. The van der Waals surface area contributed by atoms with Gasteiger partial charge in [0.2, 0.25) is 0 Å². The first kappa shape index (κ1) is 12.4. The van der Waals surface area contributed by atoms with Crippen LogP contribution >= 0.6 is 0 Å². The number of hydrogen-bond acceptors (Lipinski definition) is 2. The van der Waals surface area contributed by atoms with Gasteiger partial charge in [-0.3, -0.25) is 4.79 Å². The van der Waals surface area contributed by atoms with Gasteiger partial charge in [-0.2, -0.15) is 0 Å². The van der Waals surface area contributed by atoms with Crippen LogP contribution in [0.25, 0.3) is 0 Å². The molecule has 0 aliphatic rings. The Morgan fingerprint density at radius 1 is 1.50 bits per heavy atom. The van der Waals surface area contributed by atoms with Crippen LogP contribution in [0.2, 0.25) is 0 Å². The fraction of sp³-hybridized carbons (Fsp3) is 0.364. The fourth-order valence-electron chi connectivity index (χ4n) is 1.50. The molecule has 0 fully saturated rings. The van der Waals surface area contributed by atoms with Gasteiger partial charge in [0.25, 0.3) is 5.92 Å². The maximum atomic E-state index is 13.2. The predicted octanol–water partition coefficient (Wildman–Crippen LogP) is 2.43. The fourth-order valence-corrected chi connectivity index (χ4v) is 1.50. The van der Waals surface area contributed by atoms with Crippen LogP contribution in [0, 0.1) is 0 Å². The molecule has 16 heavy (non-hydrogen) atoms. The van der Waals surface area contributed by atoms with Gasteiger partial charge in [0, 0.05) is 18.1 Å². The lowest BCUT2D eigenvalue weighted by molar-refractivity contribution is -0.136. The summed E-state index contributed by atoms with van der Waals surface area (Å²) in [5.74, 6) is -4.09. The van der Waals surface area contributed by atoms with Crippen molar-refractivity contribution in [3.8, 4) is 5.75 Å². The SMILES string of the molecule is COc1cccc(C(C)(F)F)c1CC(=O)O. The van der Waals surface area contributed by atoms with Gasteiger partial charge in [0.1, 0.15) is 5.75 Å². The number of hydrogen-bond donors (Lipinski definition) is 1. The monoisotopic (exact) mass is 230 g/mol. The molecule has 0 radical (unpaired) electrons. The number of ether oxygens (including phenoxy) is 1. The van der Waals surface area contributed by atoms with E-state index in [4.69, 9.17) is 9.84 Å². The number of methoxy groups -OCH3 is 1. The molecule has 0 unspecified atom stereocenters. The number of aliphatic carboxylic acids is 1. The summed E-state index contributed by atoms with van der Waals surface area (Å²) in [7, 11) is 1.32. The second kappa shape index (κ2) is 4.47. The molecule has 1 aromatic rings. The maximum Gasteiger partial charge on any atom is 0.307 e. The molecule has 0 bridgehead atoms. The second-order valence-electron chi connectivity index (χ2n) is 3.45. The Balaban J connectivity index is 3.31. The molecule has 1 aromatic carbocycles. The summed E-state index contributed by atoms with van der Waals surface area (Å²) in [5.41, 5.74) is -0.292. The van der Waals surface area contributed by atoms with Gasteiger partial charge in [-0.05, 0) is 6.07 Å². The van der Waals surface area contributed by atoms with Crippen molar-refractivity contribution < 1.29 is 23.4 Å². The predicted molar refractivity (Wildman–Crippen MR) is 53.9 cm³/mol. The largest absolute Gasteiger partial charge is 0.496 e. The minimum absolute atomic E-state index is 0.0185. The molecule has 0 heterocycles. The molecule has 0 aliphatic carbocycles. The summed E-state index contributed by atoms with van der Waals surface area (Å²) in [6, 6.07) is 4.09. The number of benzene rings is 1. The van der Waals surface area contributed by atoms with Crippen molar-refractivity contribution in [2.45, 2.75) is 19.3 Å². The lowest BCUT2D eigenvalue weighted by atomic mass is 9.99. The molecule has 0 atom stereocenters. The summed E-state index contributed by atoms with van der Waals surface area (Å²) >= 11 is 0. The Labute approximate surface area is 91.7 Å². The molecule has 1 rings (SSSR count). The lowest BCUT2D eigenvalue weighted by Crippen LogP contribution is -2.14. The van der Waals surface area contributed by atoms with Crippen molar-refractivity contribution in [2.24, 2.45) is 0 Å². The number of carbonyl (C=O) groups is 1. The minimum Gasteiger partial charge on any atom is -0.496 e. The average Bonchev–Trinajstić information content (AvgIpc) is 2.15. The van der Waals surface area contributed by atoms with Crippen LogP contribution in [0.1, 0.15) is 18.1 Å². The molecule has 1 N–H and O–H groups in total. The smallest absolute Gasteiger partial charge is 0.307 e. The van der Waals surface area contributed by atoms with E-state index in [2.05, 4.69) is 0 Å². The van der Waals surface area contributed by atoms with E-state index in [0.717, 1.165) is 6.92 Å². The molecule has 3 nitrogen and oxygen atoms in total. The molecular weight excluding hydrogens is 218 g/mol. The van der Waals surface area contributed by atoms with Gasteiger partial charge in [-0.25, -0.2) is 8.78 Å². The van der Waals surface area contributed by atoms with Crippen LogP contribution < -0.4 is 4.74 Å². The summed E-state index contributed by atoms with van der Waals surface area (Å²) in [5, 5.41) is 8.68. The zero-order valence-corrected chi connectivity index (χ0v) is 8.96. The van der Waals surface area contributed by atoms with Gasteiger partial charge in [-0.1, -0.05) is 12.1 Å². The molecule has 0 amide bonds. The maximum absolute atomic E-state index is 13.2. The van der Waals surface area contributed by atoms with Crippen LogP contribution in [-0.4, -0.2) is 18.2 Å². The topological polar surface area (TPSA) is 46.5 Å². The zero-order chi connectivity index (χ0) is 12.3. The highest BCUT2D eigenvalue weighted by molar-refractivity contribution is 5.72. The van der Waals surface area contributed by atoms with E-state index in [1.807, 2.05) is 0 Å². The lowest BCUT2D eigenvalue weighted by Gasteiger charge is -2.17. The Kier molecular flexibility index (Phi) is 3.47. The van der Waals surface area contributed by atoms with E-state index < -0.39 is 18.3 Å². The van der Waals surface area contributed by atoms with Crippen molar-refractivity contribution >= 4 is 5.97 Å². The highest BCUT2D eigenvalue weighted by atomic mass is 19.3. The van der Waals surface area contributed by atoms with Gasteiger partial charge in [-0.15, -0.1) is 0 Å². The Morgan fingerprint density at radius 2 is 2.12 bits per heavy atom. The molecule has 0 spiro atoms. The standard InChI is InChI=1S/C11H12F2O3/c1-11(12,13)8-4-3-5-9(16-2)7(8)6-10(14)15/h3-5H,6H2,1-2H3,(H,14,15). The van der Waals surface area contributed by atoms with Crippen LogP contribution in [0.5, 0.6) is 5.75 Å². The van der Waals surface area contributed by atoms with Gasteiger partial charge in [0.15, 0.2) is 0 Å². The first-order valence-corrected chi connectivity index (χ1v) is 4.62. The van der Waals surface area contributed by atoms with Gasteiger partial charge < -0.3 is 9.84 Å². The third-order valence-corrected chi connectivity index (χ3v) is 2.15. The normalized spacial score (nSPS) is 11.2. The molecule has 5 heteroatoms. The number of carboxylic acids is 1. The van der Waals surface area contributed by atoms with Crippen molar-refractivity contribution in [1.29, 1.82) is 0 Å². The molecule has 0 aliphatic heterocycles. The van der Waals surface area contributed by atoms with Crippen LogP contribution in [0.4, 0.5) is 8.78 Å². The number of carboxylic acid groups (broad SMARTS) is 1. The zero-order valence-electron chi connectivity index (χ0n) is 8.96. The summed E-state index contributed by atoms with van der Waals surface area (Å²) in [4.78, 5) is 10.6. The van der Waals surface area contributed by atoms with Crippen LogP contribution in [0.15, 0.2) is 18.2 Å². The molecule has 0 saturated carbocycles. The van der Waals surface area contributed by atoms with Crippen LogP contribution in [0.3, 0.4) is 0 Å². The van der Waals surface area contributed by atoms with Gasteiger partial charge in [0.05, 0.1) is 13.5 Å². The Bertz CT molecular complexity index is 397. The van der Waals surface area contributed by atoms with E-state index in [1.165, 1.54) is 25.3 Å². The van der Waals surface area contributed by atoms with E-state index in [9.17, 15) is 13.6 Å². The summed E-state index contributed by atoms with van der Waals surface area (Å²) in [6.45, 7) is 0.729. The van der Waals surface area contributed by atoms with Crippen molar-refractivity contribution in [1.82, 2.24) is 0 Å². The second-order valence-corrected chi connectivity index (χ2v) is 3.45. The highest BCUT2D eigenvalue weighted by Crippen LogP contribution is 2.34. The average molecular weight is 230 g/mol. The Hall–Kier alpha value is -1.65. The highest BCUT2D eigenvalue weighted by Gasteiger charge is 2.29. The minimum atomic E-state index is -3.08. The van der Waals surface area contributed by atoms with Crippen molar-refractivity contribution in [3.05, 3.63) is 29.3 Å². The first-order chi connectivity index (χ1) is 7.36. The third kappa shape index (κ3) is 2.68. The quantitative estimate of drug-likeness (QED) is 0.864.